The zero-order valence-corrected chi connectivity index (χ0v) is 12.1. The van der Waals surface area contributed by atoms with Crippen LogP contribution in [0.5, 0.6) is 0 Å². The fourth-order valence-corrected chi connectivity index (χ4v) is 2.08. The topological polar surface area (TPSA) is 38.5 Å². The van der Waals surface area contributed by atoms with E-state index in [0.29, 0.717) is 5.92 Å². The number of hydrogen-bond donors (Lipinski definition) is 1. The minimum absolute atomic E-state index is 0.646. The quantitative estimate of drug-likeness (QED) is 0.756. The van der Waals surface area contributed by atoms with Gasteiger partial charge in [0.1, 0.15) is 0 Å². The first kappa shape index (κ1) is 15.0. The predicted octanol–water partition coefficient (Wildman–Crippen LogP) is 2.68. The van der Waals surface area contributed by atoms with Crippen LogP contribution < -0.4 is 5.73 Å². The van der Waals surface area contributed by atoms with Crippen LogP contribution in [0, 0.1) is 12.8 Å². The molecule has 102 valence electrons. The van der Waals surface area contributed by atoms with Crippen molar-refractivity contribution in [2.75, 3.05) is 32.5 Å². The predicted molar refractivity (Wildman–Crippen MR) is 77.6 cm³/mol. The Labute approximate surface area is 111 Å². The molecule has 0 aliphatic heterocycles. The summed E-state index contributed by atoms with van der Waals surface area (Å²) in [5.74, 6) is 0.646. The summed E-state index contributed by atoms with van der Waals surface area (Å²) in [6, 6.07) is 6.23. The van der Waals surface area contributed by atoms with Gasteiger partial charge in [-0.15, -0.1) is 0 Å². The van der Waals surface area contributed by atoms with Gasteiger partial charge in [0.15, 0.2) is 0 Å². The van der Waals surface area contributed by atoms with Gasteiger partial charge in [-0.2, -0.15) is 0 Å². The highest BCUT2D eigenvalue weighted by Gasteiger charge is 2.10. The molecule has 0 unspecified atom stereocenters. The average molecular weight is 250 g/mol. The van der Waals surface area contributed by atoms with E-state index < -0.39 is 0 Å². The van der Waals surface area contributed by atoms with E-state index >= 15 is 0 Å². The molecule has 0 amide bonds. The van der Waals surface area contributed by atoms with E-state index in [4.69, 9.17) is 10.5 Å². The second-order valence-corrected chi connectivity index (χ2v) is 5.32. The highest BCUT2D eigenvalue weighted by molar-refractivity contribution is 5.48. The first-order valence-corrected chi connectivity index (χ1v) is 6.59. The van der Waals surface area contributed by atoms with E-state index in [1.807, 2.05) is 6.07 Å². The van der Waals surface area contributed by atoms with Crippen molar-refractivity contribution in [3.8, 4) is 0 Å². The summed E-state index contributed by atoms with van der Waals surface area (Å²) in [4.78, 5) is 2.40. The standard InChI is InChI=1S/C15H26N2O/c1-12(2)10-17(7-8-18-4)11-14-9-13(3)5-6-15(14)16/h5-6,9,12H,7-8,10-11,16H2,1-4H3. The lowest BCUT2D eigenvalue weighted by molar-refractivity contribution is 0.136. The Balaban J connectivity index is 2.71. The number of aryl methyl sites for hydroxylation is 1. The molecule has 0 radical (unpaired) electrons. The molecule has 0 saturated carbocycles. The number of benzene rings is 1. The lowest BCUT2D eigenvalue weighted by atomic mass is 10.1. The monoisotopic (exact) mass is 250 g/mol. The average Bonchev–Trinajstić information content (AvgIpc) is 2.30. The van der Waals surface area contributed by atoms with E-state index in [-0.39, 0.29) is 0 Å². The third-order valence-corrected chi connectivity index (χ3v) is 2.93. The largest absolute Gasteiger partial charge is 0.398 e. The van der Waals surface area contributed by atoms with Crippen LogP contribution in [-0.2, 0) is 11.3 Å². The molecule has 0 spiro atoms. The number of nitrogens with two attached hydrogens (primary N) is 1. The second-order valence-electron chi connectivity index (χ2n) is 5.32. The van der Waals surface area contributed by atoms with Crippen LogP contribution in [0.25, 0.3) is 0 Å². The smallest absolute Gasteiger partial charge is 0.0589 e. The number of ether oxygens (including phenoxy) is 1. The number of rotatable bonds is 7. The summed E-state index contributed by atoms with van der Waals surface area (Å²) >= 11 is 0. The van der Waals surface area contributed by atoms with Crippen molar-refractivity contribution in [3.05, 3.63) is 29.3 Å². The fraction of sp³-hybridized carbons (Fsp3) is 0.600. The van der Waals surface area contributed by atoms with Crippen molar-refractivity contribution in [2.24, 2.45) is 5.92 Å². The van der Waals surface area contributed by atoms with E-state index in [1.165, 1.54) is 11.1 Å². The van der Waals surface area contributed by atoms with Gasteiger partial charge in [0.2, 0.25) is 0 Å². The Morgan fingerprint density at radius 1 is 1.33 bits per heavy atom. The number of hydrogen-bond acceptors (Lipinski definition) is 3. The maximum atomic E-state index is 6.04. The second kappa shape index (κ2) is 7.39. The molecule has 2 N–H and O–H groups in total. The van der Waals surface area contributed by atoms with Crippen LogP contribution >= 0.6 is 0 Å². The summed E-state index contributed by atoms with van der Waals surface area (Å²) in [6.07, 6.45) is 0. The summed E-state index contributed by atoms with van der Waals surface area (Å²) in [6.45, 7) is 10.2. The van der Waals surface area contributed by atoms with Crippen molar-refractivity contribution in [3.63, 3.8) is 0 Å². The molecule has 1 rings (SSSR count). The highest BCUT2D eigenvalue weighted by atomic mass is 16.5. The Bertz CT molecular complexity index is 364. The van der Waals surface area contributed by atoms with Gasteiger partial charge in [0.05, 0.1) is 6.61 Å². The Morgan fingerprint density at radius 2 is 2.06 bits per heavy atom. The maximum absolute atomic E-state index is 6.04. The molecule has 0 aliphatic carbocycles. The molecule has 3 heteroatoms. The molecule has 0 fully saturated rings. The number of anilines is 1. The van der Waals surface area contributed by atoms with Gasteiger partial charge in [0, 0.05) is 32.4 Å². The van der Waals surface area contributed by atoms with E-state index in [1.54, 1.807) is 7.11 Å². The van der Waals surface area contributed by atoms with Crippen molar-refractivity contribution in [1.82, 2.24) is 4.90 Å². The van der Waals surface area contributed by atoms with Crippen molar-refractivity contribution < 1.29 is 4.74 Å². The van der Waals surface area contributed by atoms with Gasteiger partial charge >= 0.3 is 0 Å². The maximum Gasteiger partial charge on any atom is 0.0589 e. The van der Waals surface area contributed by atoms with Crippen molar-refractivity contribution >= 4 is 5.69 Å². The Kier molecular flexibility index (Phi) is 6.16. The SMILES string of the molecule is COCCN(Cc1cc(C)ccc1N)CC(C)C. The molecule has 0 aromatic heterocycles. The third kappa shape index (κ3) is 5.07. The van der Waals surface area contributed by atoms with Gasteiger partial charge < -0.3 is 10.5 Å². The highest BCUT2D eigenvalue weighted by Crippen LogP contribution is 2.16. The lowest BCUT2D eigenvalue weighted by Gasteiger charge is -2.24. The third-order valence-electron chi connectivity index (χ3n) is 2.93. The number of nitrogens with zero attached hydrogens (tertiary/aromatic N) is 1. The zero-order chi connectivity index (χ0) is 13.5. The van der Waals surface area contributed by atoms with E-state index in [0.717, 1.165) is 31.9 Å². The number of methoxy groups -OCH3 is 1. The van der Waals surface area contributed by atoms with Crippen molar-refractivity contribution in [1.29, 1.82) is 0 Å². The first-order valence-electron chi connectivity index (χ1n) is 6.59. The van der Waals surface area contributed by atoms with Crippen LogP contribution in [0.15, 0.2) is 18.2 Å². The molecule has 0 saturated heterocycles. The fourth-order valence-electron chi connectivity index (χ4n) is 2.08. The van der Waals surface area contributed by atoms with E-state index in [2.05, 4.69) is 37.8 Å². The Hall–Kier alpha value is -1.06. The normalized spacial score (nSPS) is 11.4. The van der Waals surface area contributed by atoms with Crippen LogP contribution in [-0.4, -0.2) is 31.7 Å². The molecule has 0 aliphatic rings. The van der Waals surface area contributed by atoms with Gasteiger partial charge in [-0.25, -0.2) is 0 Å². The molecular formula is C15H26N2O. The zero-order valence-electron chi connectivity index (χ0n) is 12.1. The number of nitrogen functional groups attached to an aromatic ring is 1. The molecule has 0 bridgehead atoms. The summed E-state index contributed by atoms with van der Waals surface area (Å²) in [5, 5.41) is 0. The molecular weight excluding hydrogens is 224 g/mol. The minimum Gasteiger partial charge on any atom is -0.398 e. The van der Waals surface area contributed by atoms with Crippen LogP contribution in [0.3, 0.4) is 0 Å². The van der Waals surface area contributed by atoms with Crippen LogP contribution in [0.2, 0.25) is 0 Å². The summed E-state index contributed by atoms with van der Waals surface area (Å²) in [5.41, 5.74) is 9.39. The molecule has 1 aromatic rings. The summed E-state index contributed by atoms with van der Waals surface area (Å²) in [7, 11) is 1.74. The van der Waals surface area contributed by atoms with Gasteiger partial charge in [0.25, 0.3) is 0 Å². The van der Waals surface area contributed by atoms with Gasteiger partial charge in [-0.3, -0.25) is 4.90 Å². The lowest BCUT2D eigenvalue weighted by Crippen LogP contribution is -2.30. The molecule has 1 aromatic carbocycles. The molecule has 3 nitrogen and oxygen atoms in total. The molecule has 18 heavy (non-hydrogen) atoms. The van der Waals surface area contributed by atoms with Crippen LogP contribution in [0.1, 0.15) is 25.0 Å². The molecule has 0 heterocycles. The van der Waals surface area contributed by atoms with E-state index in [9.17, 15) is 0 Å². The summed E-state index contributed by atoms with van der Waals surface area (Å²) < 4.78 is 5.17. The Morgan fingerprint density at radius 3 is 2.67 bits per heavy atom. The molecule has 0 atom stereocenters. The minimum atomic E-state index is 0.646. The van der Waals surface area contributed by atoms with Crippen LogP contribution in [0.4, 0.5) is 5.69 Å². The van der Waals surface area contributed by atoms with Gasteiger partial charge in [-0.05, 0) is 24.5 Å². The van der Waals surface area contributed by atoms with Gasteiger partial charge in [-0.1, -0.05) is 31.5 Å². The van der Waals surface area contributed by atoms with Crippen molar-refractivity contribution in [2.45, 2.75) is 27.3 Å². The first-order chi connectivity index (χ1) is 8.52.